The molecule has 0 aliphatic carbocycles. The van der Waals surface area contributed by atoms with Crippen molar-refractivity contribution in [3.05, 3.63) is 27.5 Å². The normalized spacial score (nSPS) is 11.3. The maximum absolute atomic E-state index is 11.0. The van der Waals surface area contributed by atoms with Gasteiger partial charge in [-0.25, -0.2) is 4.98 Å². The lowest BCUT2D eigenvalue weighted by Gasteiger charge is -2.02. The topological polar surface area (TPSA) is 45.8 Å². The van der Waals surface area contributed by atoms with E-state index in [0.29, 0.717) is 11.6 Å². The number of thiazole rings is 1. The highest BCUT2D eigenvalue weighted by Crippen LogP contribution is 2.17. The molecule has 0 amide bonds. The number of hydrogen-bond acceptors (Lipinski definition) is 3. The fraction of sp³-hybridized carbons (Fsp3) is 0.333. The SMILES string of the molecule is CC(C)c1ccc2sc(=O)[nH]c2n1. The van der Waals surface area contributed by atoms with Gasteiger partial charge in [0.25, 0.3) is 0 Å². The summed E-state index contributed by atoms with van der Waals surface area (Å²) in [7, 11) is 0. The van der Waals surface area contributed by atoms with Crippen LogP contribution in [-0.4, -0.2) is 9.97 Å². The van der Waals surface area contributed by atoms with Crippen LogP contribution in [0.25, 0.3) is 10.3 Å². The summed E-state index contributed by atoms with van der Waals surface area (Å²) in [6.07, 6.45) is 0. The summed E-state index contributed by atoms with van der Waals surface area (Å²) < 4.78 is 0.925. The average molecular weight is 194 g/mol. The molecule has 1 N–H and O–H groups in total. The van der Waals surface area contributed by atoms with E-state index in [2.05, 4.69) is 23.8 Å². The summed E-state index contributed by atoms with van der Waals surface area (Å²) in [4.78, 5) is 18.0. The summed E-state index contributed by atoms with van der Waals surface area (Å²) in [5, 5.41) is 0. The van der Waals surface area contributed by atoms with Crippen molar-refractivity contribution in [3.8, 4) is 0 Å². The third-order valence-corrected chi connectivity index (χ3v) is 2.73. The molecule has 0 saturated carbocycles. The second kappa shape index (κ2) is 2.96. The molecule has 3 nitrogen and oxygen atoms in total. The van der Waals surface area contributed by atoms with Gasteiger partial charge >= 0.3 is 4.87 Å². The van der Waals surface area contributed by atoms with Crippen molar-refractivity contribution in [2.24, 2.45) is 0 Å². The summed E-state index contributed by atoms with van der Waals surface area (Å²) in [5.74, 6) is 0.396. The zero-order valence-electron chi connectivity index (χ0n) is 7.50. The van der Waals surface area contributed by atoms with Gasteiger partial charge in [0, 0.05) is 5.69 Å². The van der Waals surface area contributed by atoms with Gasteiger partial charge in [-0.05, 0) is 18.1 Å². The molecule has 0 aliphatic rings. The fourth-order valence-corrected chi connectivity index (χ4v) is 1.85. The lowest BCUT2D eigenvalue weighted by Crippen LogP contribution is -1.94. The first-order chi connectivity index (χ1) is 6.16. The first-order valence-electron chi connectivity index (χ1n) is 4.16. The largest absolute Gasteiger partial charge is 0.306 e. The van der Waals surface area contributed by atoms with Crippen molar-refractivity contribution in [1.82, 2.24) is 9.97 Å². The number of fused-ring (bicyclic) bond motifs is 1. The number of nitrogens with one attached hydrogen (secondary N) is 1. The highest BCUT2D eigenvalue weighted by Gasteiger charge is 2.04. The van der Waals surface area contributed by atoms with Crippen molar-refractivity contribution in [3.63, 3.8) is 0 Å². The molecule has 2 aromatic heterocycles. The zero-order chi connectivity index (χ0) is 9.42. The number of pyridine rings is 1. The molecule has 0 atom stereocenters. The van der Waals surface area contributed by atoms with Gasteiger partial charge in [0.2, 0.25) is 0 Å². The van der Waals surface area contributed by atoms with E-state index in [4.69, 9.17) is 0 Å². The van der Waals surface area contributed by atoms with Crippen molar-refractivity contribution in [2.75, 3.05) is 0 Å². The van der Waals surface area contributed by atoms with E-state index in [0.717, 1.165) is 10.4 Å². The van der Waals surface area contributed by atoms with Crippen LogP contribution in [0, 0.1) is 0 Å². The number of rotatable bonds is 1. The molecule has 2 rings (SSSR count). The number of hydrogen-bond donors (Lipinski definition) is 1. The second-order valence-electron chi connectivity index (χ2n) is 3.25. The molecular weight excluding hydrogens is 184 g/mol. The van der Waals surface area contributed by atoms with Crippen molar-refractivity contribution in [2.45, 2.75) is 19.8 Å². The van der Waals surface area contributed by atoms with Crippen LogP contribution in [0.1, 0.15) is 25.5 Å². The predicted octanol–water partition coefficient (Wildman–Crippen LogP) is 2.11. The summed E-state index contributed by atoms with van der Waals surface area (Å²) in [5.41, 5.74) is 1.72. The van der Waals surface area contributed by atoms with E-state index in [1.807, 2.05) is 12.1 Å². The van der Waals surface area contributed by atoms with E-state index in [1.54, 1.807) is 0 Å². The Bertz CT molecular complexity index is 484. The molecular formula is C9H10N2OS. The molecule has 2 heterocycles. The molecule has 13 heavy (non-hydrogen) atoms. The van der Waals surface area contributed by atoms with Crippen LogP contribution < -0.4 is 4.87 Å². The van der Waals surface area contributed by atoms with Crippen LogP contribution in [0.2, 0.25) is 0 Å². The van der Waals surface area contributed by atoms with Gasteiger partial charge in [0.05, 0.1) is 4.70 Å². The minimum Gasteiger partial charge on any atom is -0.297 e. The highest BCUT2D eigenvalue weighted by molar-refractivity contribution is 7.16. The molecule has 0 saturated heterocycles. The molecule has 0 aromatic carbocycles. The summed E-state index contributed by atoms with van der Waals surface area (Å²) in [6, 6.07) is 3.91. The Hall–Kier alpha value is -1.16. The Morgan fingerprint density at radius 1 is 1.46 bits per heavy atom. The van der Waals surface area contributed by atoms with E-state index < -0.39 is 0 Å². The molecule has 0 spiro atoms. The lowest BCUT2D eigenvalue weighted by molar-refractivity contribution is 0.828. The van der Waals surface area contributed by atoms with Crippen LogP contribution in [0.5, 0.6) is 0 Å². The first-order valence-corrected chi connectivity index (χ1v) is 4.98. The monoisotopic (exact) mass is 194 g/mol. The highest BCUT2D eigenvalue weighted by atomic mass is 32.1. The van der Waals surface area contributed by atoms with E-state index in [1.165, 1.54) is 11.3 Å². The standard InChI is InChI=1S/C9H10N2OS/c1-5(2)6-3-4-7-8(10-6)11-9(12)13-7/h3-5H,1-2H3,(H,10,11,12). The van der Waals surface area contributed by atoms with E-state index in [-0.39, 0.29) is 4.87 Å². The van der Waals surface area contributed by atoms with E-state index in [9.17, 15) is 4.79 Å². The number of H-pyrrole nitrogens is 1. The molecule has 68 valence electrons. The third kappa shape index (κ3) is 1.49. The first kappa shape index (κ1) is 8.44. The van der Waals surface area contributed by atoms with Crippen LogP contribution >= 0.6 is 11.3 Å². The number of aromatic nitrogens is 2. The maximum Gasteiger partial charge on any atom is 0.306 e. The smallest absolute Gasteiger partial charge is 0.297 e. The predicted molar refractivity (Wildman–Crippen MR) is 54.3 cm³/mol. The van der Waals surface area contributed by atoms with Crippen LogP contribution in [-0.2, 0) is 0 Å². The van der Waals surface area contributed by atoms with Crippen LogP contribution in [0.15, 0.2) is 16.9 Å². The maximum atomic E-state index is 11.0. The van der Waals surface area contributed by atoms with Gasteiger partial charge in [-0.3, -0.25) is 9.78 Å². The molecule has 0 bridgehead atoms. The Balaban J connectivity index is 2.68. The Labute approximate surface area is 79.4 Å². The van der Waals surface area contributed by atoms with Crippen LogP contribution in [0.3, 0.4) is 0 Å². The quantitative estimate of drug-likeness (QED) is 0.755. The summed E-state index contributed by atoms with van der Waals surface area (Å²) >= 11 is 1.20. The molecule has 4 heteroatoms. The summed E-state index contributed by atoms with van der Waals surface area (Å²) in [6.45, 7) is 4.16. The molecule has 0 radical (unpaired) electrons. The minimum absolute atomic E-state index is 0.0385. The van der Waals surface area contributed by atoms with Gasteiger partial charge in [-0.15, -0.1) is 0 Å². The van der Waals surface area contributed by atoms with Gasteiger partial charge in [0.1, 0.15) is 0 Å². The minimum atomic E-state index is -0.0385. The number of nitrogens with zero attached hydrogens (tertiary/aromatic N) is 1. The Morgan fingerprint density at radius 2 is 2.23 bits per heavy atom. The van der Waals surface area contributed by atoms with Crippen LogP contribution in [0.4, 0.5) is 0 Å². The molecule has 0 fully saturated rings. The van der Waals surface area contributed by atoms with E-state index >= 15 is 0 Å². The molecule has 0 aliphatic heterocycles. The third-order valence-electron chi connectivity index (χ3n) is 1.89. The Morgan fingerprint density at radius 3 is 2.92 bits per heavy atom. The molecule has 2 aromatic rings. The van der Waals surface area contributed by atoms with Gasteiger partial charge < -0.3 is 0 Å². The van der Waals surface area contributed by atoms with Gasteiger partial charge in [0.15, 0.2) is 5.65 Å². The number of aromatic amines is 1. The average Bonchev–Trinajstić information content (AvgIpc) is 2.42. The van der Waals surface area contributed by atoms with Crippen molar-refractivity contribution in [1.29, 1.82) is 0 Å². The zero-order valence-corrected chi connectivity index (χ0v) is 8.31. The van der Waals surface area contributed by atoms with Gasteiger partial charge in [-0.2, -0.15) is 0 Å². The lowest BCUT2D eigenvalue weighted by atomic mass is 10.1. The fourth-order valence-electron chi connectivity index (χ4n) is 1.18. The molecule has 0 unspecified atom stereocenters. The Kier molecular flexibility index (Phi) is 1.92. The van der Waals surface area contributed by atoms with Crippen molar-refractivity contribution >= 4 is 21.7 Å². The van der Waals surface area contributed by atoms with Crippen molar-refractivity contribution < 1.29 is 0 Å². The van der Waals surface area contributed by atoms with Gasteiger partial charge in [-0.1, -0.05) is 25.2 Å². The second-order valence-corrected chi connectivity index (χ2v) is 4.27.